The molecule has 1 aliphatic heterocycles. The first kappa shape index (κ1) is 14.0. The maximum atomic E-state index is 11.6. The summed E-state index contributed by atoms with van der Waals surface area (Å²) in [5.41, 5.74) is 4.55. The molecule has 6 heteroatoms. The molecule has 1 aromatic heterocycles. The van der Waals surface area contributed by atoms with Gasteiger partial charge in [0, 0.05) is 52.8 Å². The average Bonchev–Trinajstić information content (AvgIpc) is 3.03. The zero-order valence-corrected chi connectivity index (χ0v) is 13.3. The van der Waals surface area contributed by atoms with Crippen molar-refractivity contribution in [3.05, 3.63) is 41.1 Å². The van der Waals surface area contributed by atoms with Crippen molar-refractivity contribution in [3.8, 4) is 0 Å². The Hall–Kier alpha value is -1.66. The van der Waals surface area contributed by atoms with Gasteiger partial charge in [-0.15, -0.1) is 0 Å². The van der Waals surface area contributed by atoms with Gasteiger partial charge in [0.2, 0.25) is 0 Å². The monoisotopic (exact) mass is 317 g/mol. The average molecular weight is 317 g/mol. The van der Waals surface area contributed by atoms with E-state index in [1.807, 2.05) is 6.07 Å². The minimum atomic E-state index is -0.736. The Balaban J connectivity index is 1.45. The second-order valence-electron chi connectivity index (χ2n) is 6.07. The molecule has 0 bridgehead atoms. The highest BCUT2D eigenvalue weighted by Gasteiger charge is 2.31. The third-order valence-electron chi connectivity index (χ3n) is 4.58. The fourth-order valence-electron chi connectivity index (χ4n) is 3.15. The maximum Gasteiger partial charge on any atom is 0.152 e. The summed E-state index contributed by atoms with van der Waals surface area (Å²) in [6, 6.07) is 8.24. The molecule has 22 heavy (non-hydrogen) atoms. The van der Waals surface area contributed by atoms with E-state index in [1.54, 1.807) is 7.11 Å². The van der Waals surface area contributed by atoms with Crippen LogP contribution in [-0.2, 0) is 27.0 Å². The standard InChI is InChI=1S/C16H19N3O2S/c1-21-14-5-11(6-14)15-7-16(19-18-15)17-13-3-2-10-8-22(20)9-12(10)4-13/h2-4,7,11,14H,5-6,8-9H2,1H3,(H2,17,18,19). The topological polar surface area (TPSA) is 67.0 Å². The van der Waals surface area contributed by atoms with Gasteiger partial charge < -0.3 is 10.1 Å². The predicted octanol–water partition coefficient (Wildman–Crippen LogP) is 2.81. The highest BCUT2D eigenvalue weighted by atomic mass is 32.2. The van der Waals surface area contributed by atoms with E-state index in [1.165, 1.54) is 11.1 Å². The van der Waals surface area contributed by atoms with E-state index in [4.69, 9.17) is 4.74 Å². The molecule has 4 rings (SSSR count). The van der Waals surface area contributed by atoms with Crippen LogP contribution in [0.4, 0.5) is 11.5 Å². The van der Waals surface area contributed by atoms with Crippen molar-refractivity contribution in [3.63, 3.8) is 0 Å². The van der Waals surface area contributed by atoms with Crippen LogP contribution in [0.25, 0.3) is 0 Å². The zero-order valence-electron chi connectivity index (χ0n) is 12.5. The lowest BCUT2D eigenvalue weighted by molar-refractivity contribution is 0.0247. The molecule has 2 N–H and O–H groups in total. The second-order valence-corrected chi connectivity index (χ2v) is 7.53. The third kappa shape index (κ3) is 2.57. The minimum absolute atomic E-state index is 0.391. The van der Waals surface area contributed by atoms with Crippen LogP contribution >= 0.6 is 0 Å². The molecule has 2 aromatic rings. The lowest BCUT2D eigenvalue weighted by atomic mass is 9.80. The maximum absolute atomic E-state index is 11.6. The molecule has 0 saturated heterocycles. The van der Waals surface area contributed by atoms with Crippen molar-refractivity contribution < 1.29 is 8.95 Å². The van der Waals surface area contributed by atoms with Gasteiger partial charge in [-0.05, 0) is 36.1 Å². The quantitative estimate of drug-likeness (QED) is 0.910. The predicted molar refractivity (Wildman–Crippen MR) is 86.6 cm³/mol. The van der Waals surface area contributed by atoms with E-state index in [0.717, 1.165) is 30.0 Å². The number of hydrogen-bond donors (Lipinski definition) is 2. The Bertz CT molecular complexity index is 722. The number of fused-ring (bicyclic) bond motifs is 1. The fraction of sp³-hybridized carbons (Fsp3) is 0.438. The Kier molecular flexibility index (Phi) is 3.50. The number of nitrogens with one attached hydrogen (secondary N) is 2. The molecular weight excluding hydrogens is 298 g/mol. The lowest BCUT2D eigenvalue weighted by Crippen LogP contribution is -2.28. The van der Waals surface area contributed by atoms with Crippen LogP contribution in [-0.4, -0.2) is 27.6 Å². The molecule has 2 heterocycles. The van der Waals surface area contributed by atoms with Crippen molar-refractivity contribution >= 4 is 22.3 Å². The molecule has 2 aliphatic rings. The van der Waals surface area contributed by atoms with Gasteiger partial charge in [0.05, 0.1) is 6.10 Å². The molecule has 1 aromatic carbocycles. The van der Waals surface area contributed by atoms with Crippen molar-refractivity contribution in [2.75, 3.05) is 12.4 Å². The SMILES string of the molecule is COC1CC(c2cc(Nc3ccc4c(c3)CS(=O)C4)n[nH]2)C1. The van der Waals surface area contributed by atoms with Crippen LogP contribution in [0.3, 0.4) is 0 Å². The van der Waals surface area contributed by atoms with Gasteiger partial charge in [0.25, 0.3) is 0 Å². The Morgan fingerprint density at radius 3 is 2.91 bits per heavy atom. The summed E-state index contributed by atoms with van der Waals surface area (Å²) in [6.45, 7) is 0. The number of rotatable bonds is 4. The molecule has 116 valence electrons. The molecule has 1 fully saturated rings. The summed E-state index contributed by atoms with van der Waals surface area (Å²) in [5, 5.41) is 10.8. The smallest absolute Gasteiger partial charge is 0.152 e. The van der Waals surface area contributed by atoms with Gasteiger partial charge in [-0.25, -0.2) is 0 Å². The summed E-state index contributed by atoms with van der Waals surface area (Å²) in [4.78, 5) is 0. The number of anilines is 2. The molecule has 0 radical (unpaired) electrons. The van der Waals surface area contributed by atoms with Gasteiger partial charge in [0.1, 0.15) is 0 Å². The molecule has 1 saturated carbocycles. The Labute approximate surface area is 131 Å². The van der Waals surface area contributed by atoms with Gasteiger partial charge in [-0.2, -0.15) is 5.10 Å². The molecular formula is C16H19N3O2S. The van der Waals surface area contributed by atoms with Gasteiger partial charge in [-0.3, -0.25) is 9.31 Å². The highest BCUT2D eigenvalue weighted by Crippen LogP contribution is 2.38. The van der Waals surface area contributed by atoms with Crippen molar-refractivity contribution in [2.24, 2.45) is 0 Å². The Morgan fingerprint density at radius 2 is 2.09 bits per heavy atom. The number of aromatic amines is 1. The number of H-pyrrole nitrogens is 1. The van der Waals surface area contributed by atoms with E-state index in [-0.39, 0.29) is 0 Å². The number of ether oxygens (including phenoxy) is 1. The van der Waals surface area contributed by atoms with Crippen LogP contribution in [0.1, 0.15) is 35.6 Å². The summed E-state index contributed by atoms with van der Waals surface area (Å²) in [7, 11) is 1.03. The van der Waals surface area contributed by atoms with E-state index in [0.29, 0.717) is 23.5 Å². The summed E-state index contributed by atoms with van der Waals surface area (Å²) in [5.74, 6) is 2.70. The summed E-state index contributed by atoms with van der Waals surface area (Å²) < 4.78 is 16.9. The number of aromatic nitrogens is 2. The largest absolute Gasteiger partial charge is 0.381 e. The fourth-order valence-corrected chi connectivity index (χ4v) is 4.49. The van der Waals surface area contributed by atoms with E-state index in [2.05, 4.69) is 33.7 Å². The van der Waals surface area contributed by atoms with Crippen molar-refractivity contribution in [2.45, 2.75) is 36.4 Å². The van der Waals surface area contributed by atoms with Crippen molar-refractivity contribution in [1.82, 2.24) is 10.2 Å². The minimum Gasteiger partial charge on any atom is -0.381 e. The zero-order chi connectivity index (χ0) is 15.1. The highest BCUT2D eigenvalue weighted by molar-refractivity contribution is 7.83. The molecule has 5 nitrogen and oxygen atoms in total. The van der Waals surface area contributed by atoms with Crippen LogP contribution in [0.5, 0.6) is 0 Å². The molecule has 1 unspecified atom stereocenters. The van der Waals surface area contributed by atoms with Crippen LogP contribution < -0.4 is 5.32 Å². The second kappa shape index (κ2) is 5.52. The molecule has 0 spiro atoms. The lowest BCUT2D eigenvalue weighted by Gasteiger charge is -2.33. The van der Waals surface area contributed by atoms with Gasteiger partial charge >= 0.3 is 0 Å². The first-order valence-electron chi connectivity index (χ1n) is 7.53. The molecule has 1 aliphatic carbocycles. The van der Waals surface area contributed by atoms with Crippen LogP contribution in [0.2, 0.25) is 0 Å². The van der Waals surface area contributed by atoms with Crippen LogP contribution in [0, 0.1) is 0 Å². The normalized spacial score (nSPS) is 26.5. The number of benzene rings is 1. The third-order valence-corrected chi connectivity index (χ3v) is 5.84. The van der Waals surface area contributed by atoms with E-state index in [9.17, 15) is 4.21 Å². The number of methoxy groups -OCH3 is 1. The molecule has 0 amide bonds. The van der Waals surface area contributed by atoms with Gasteiger partial charge in [-0.1, -0.05) is 6.07 Å². The van der Waals surface area contributed by atoms with E-state index >= 15 is 0 Å². The van der Waals surface area contributed by atoms with E-state index < -0.39 is 10.8 Å². The Morgan fingerprint density at radius 1 is 1.27 bits per heavy atom. The molecule has 1 atom stereocenters. The number of nitrogens with zero attached hydrogens (tertiary/aromatic N) is 1. The van der Waals surface area contributed by atoms with Crippen LogP contribution in [0.15, 0.2) is 24.3 Å². The first-order valence-corrected chi connectivity index (χ1v) is 9.02. The summed E-state index contributed by atoms with van der Waals surface area (Å²) in [6.07, 6.45) is 2.51. The van der Waals surface area contributed by atoms with Gasteiger partial charge in [0.15, 0.2) is 5.82 Å². The first-order chi connectivity index (χ1) is 10.7. The number of hydrogen-bond acceptors (Lipinski definition) is 4. The summed E-state index contributed by atoms with van der Waals surface area (Å²) >= 11 is 0. The van der Waals surface area contributed by atoms with Crippen molar-refractivity contribution in [1.29, 1.82) is 0 Å².